The quantitative estimate of drug-likeness (QED) is 0.408. The molecular formula is C23H34N2O2. The van der Waals surface area contributed by atoms with Gasteiger partial charge in [0.15, 0.2) is 0 Å². The summed E-state index contributed by atoms with van der Waals surface area (Å²) in [5.41, 5.74) is 1.65. The topological polar surface area (TPSA) is 51.2 Å². The van der Waals surface area contributed by atoms with E-state index in [2.05, 4.69) is 17.2 Å². The van der Waals surface area contributed by atoms with E-state index in [0.29, 0.717) is 6.42 Å². The van der Waals surface area contributed by atoms with Gasteiger partial charge >= 0.3 is 0 Å². The molecule has 1 aromatic heterocycles. The third-order valence-electron chi connectivity index (χ3n) is 4.74. The number of carbonyl (C=O) groups is 1. The van der Waals surface area contributed by atoms with Crippen LogP contribution in [0.15, 0.2) is 36.5 Å². The maximum absolute atomic E-state index is 12.2. The molecule has 1 amide bonds. The maximum atomic E-state index is 12.2. The van der Waals surface area contributed by atoms with Crippen molar-refractivity contribution >= 4 is 22.5 Å². The van der Waals surface area contributed by atoms with Gasteiger partial charge in [-0.1, -0.05) is 63.6 Å². The Hall–Kier alpha value is -1.94. The van der Waals surface area contributed by atoms with E-state index in [0.717, 1.165) is 49.1 Å². The van der Waals surface area contributed by atoms with Gasteiger partial charge in [-0.2, -0.15) is 0 Å². The Morgan fingerprint density at radius 2 is 1.63 bits per heavy atom. The molecule has 148 valence electrons. The Bertz CT molecular complexity index is 667. The summed E-state index contributed by atoms with van der Waals surface area (Å²) in [5, 5.41) is 4.05. The molecule has 0 bridgehead atoms. The first kappa shape index (κ1) is 21.4. The molecule has 0 aliphatic carbocycles. The highest BCUT2D eigenvalue weighted by molar-refractivity contribution is 6.00. The first-order chi connectivity index (χ1) is 13.3. The van der Waals surface area contributed by atoms with Crippen LogP contribution in [0.5, 0.6) is 0 Å². The van der Waals surface area contributed by atoms with Crippen LogP contribution in [0.25, 0.3) is 10.9 Å². The Morgan fingerprint density at radius 3 is 2.44 bits per heavy atom. The summed E-state index contributed by atoms with van der Waals surface area (Å²) in [5.74, 6) is 0.0727. The molecule has 0 spiro atoms. The molecule has 2 rings (SSSR count). The number of benzene rings is 1. The summed E-state index contributed by atoms with van der Waals surface area (Å²) >= 11 is 0. The SMILES string of the molecule is CCCCCCOCCCCCCCC(=O)Nc1cccc2cccnc12. The number of aromatic nitrogens is 1. The van der Waals surface area contributed by atoms with Crippen LogP contribution in [-0.4, -0.2) is 24.1 Å². The second-order valence-electron chi connectivity index (χ2n) is 7.12. The average Bonchev–Trinajstić information content (AvgIpc) is 2.69. The normalized spacial score (nSPS) is 11.0. The zero-order valence-corrected chi connectivity index (χ0v) is 16.7. The summed E-state index contributed by atoms with van der Waals surface area (Å²) < 4.78 is 5.66. The van der Waals surface area contributed by atoms with Crippen LogP contribution in [-0.2, 0) is 9.53 Å². The Balaban J connectivity index is 1.50. The van der Waals surface area contributed by atoms with E-state index in [4.69, 9.17) is 4.74 Å². The van der Waals surface area contributed by atoms with Crippen LogP contribution in [0.2, 0.25) is 0 Å². The average molecular weight is 371 g/mol. The lowest BCUT2D eigenvalue weighted by Crippen LogP contribution is -2.11. The van der Waals surface area contributed by atoms with E-state index >= 15 is 0 Å². The van der Waals surface area contributed by atoms with Gasteiger partial charge in [-0.25, -0.2) is 0 Å². The minimum absolute atomic E-state index is 0.0727. The minimum Gasteiger partial charge on any atom is -0.381 e. The second kappa shape index (κ2) is 13.3. The van der Waals surface area contributed by atoms with Gasteiger partial charge in [-0.15, -0.1) is 0 Å². The molecule has 1 N–H and O–H groups in total. The monoisotopic (exact) mass is 370 g/mol. The van der Waals surface area contributed by atoms with Crippen LogP contribution in [0.1, 0.15) is 71.1 Å². The number of nitrogens with one attached hydrogen (secondary N) is 1. The smallest absolute Gasteiger partial charge is 0.224 e. The number of pyridine rings is 1. The van der Waals surface area contributed by atoms with Crippen molar-refractivity contribution in [2.24, 2.45) is 0 Å². The lowest BCUT2D eigenvalue weighted by molar-refractivity contribution is -0.116. The Kier molecular flexibility index (Phi) is 10.5. The van der Waals surface area contributed by atoms with Gasteiger partial charge in [-0.3, -0.25) is 9.78 Å². The number of hydrogen-bond acceptors (Lipinski definition) is 3. The Morgan fingerprint density at radius 1 is 0.926 bits per heavy atom. The molecule has 0 radical (unpaired) electrons. The van der Waals surface area contributed by atoms with Crippen molar-refractivity contribution in [3.05, 3.63) is 36.5 Å². The number of hydrogen-bond donors (Lipinski definition) is 1. The molecule has 0 unspecified atom stereocenters. The molecular weight excluding hydrogens is 336 g/mol. The van der Waals surface area contributed by atoms with Crippen molar-refractivity contribution in [2.75, 3.05) is 18.5 Å². The lowest BCUT2D eigenvalue weighted by atomic mass is 10.1. The van der Waals surface area contributed by atoms with E-state index in [1.165, 1.54) is 38.5 Å². The number of unbranched alkanes of at least 4 members (excludes halogenated alkanes) is 7. The molecule has 4 nitrogen and oxygen atoms in total. The van der Waals surface area contributed by atoms with E-state index in [1.54, 1.807) is 6.20 Å². The summed E-state index contributed by atoms with van der Waals surface area (Å²) in [6.45, 7) is 4.01. The fourth-order valence-corrected chi connectivity index (χ4v) is 3.17. The third kappa shape index (κ3) is 8.53. The molecule has 4 heteroatoms. The van der Waals surface area contributed by atoms with Gasteiger partial charge in [0.25, 0.3) is 0 Å². The van der Waals surface area contributed by atoms with Gasteiger partial charge in [0.1, 0.15) is 0 Å². The molecule has 2 aromatic rings. The minimum atomic E-state index is 0.0727. The Labute approximate surface area is 163 Å². The molecule has 0 saturated heterocycles. The highest BCUT2D eigenvalue weighted by Crippen LogP contribution is 2.21. The van der Waals surface area contributed by atoms with Crippen molar-refractivity contribution in [1.82, 2.24) is 4.98 Å². The number of para-hydroxylation sites is 1. The van der Waals surface area contributed by atoms with Crippen molar-refractivity contribution in [1.29, 1.82) is 0 Å². The zero-order chi connectivity index (χ0) is 19.2. The van der Waals surface area contributed by atoms with E-state index in [1.807, 2.05) is 30.3 Å². The summed E-state index contributed by atoms with van der Waals surface area (Å²) in [6.07, 6.45) is 12.9. The number of ether oxygens (including phenoxy) is 1. The first-order valence-electron chi connectivity index (χ1n) is 10.5. The summed E-state index contributed by atoms with van der Waals surface area (Å²) in [4.78, 5) is 16.6. The number of nitrogens with zero attached hydrogens (tertiary/aromatic N) is 1. The molecule has 0 atom stereocenters. The lowest BCUT2D eigenvalue weighted by Gasteiger charge is -2.08. The molecule has 27 heavy (non-hydrogen) atoms. The van der Waals surface area contributed by atoms with Crippen molar-refractivity contribution in [3.8, 4) is 0 Å². The van der Waals surface area contributed by atoms with E-state index in [-0.39, 0.29) is 5.91 Å². The van der Waals surface area contributed by atoms with Gasteiger partial charge < -0.3 is 10.1 Å². The van der Waals surface area contributed by atoms with Gasteiger partial charge in [0.2, 0.25) is 5.91 Å². The summed E-state index contributed by atoms with van der Waals surface area (Å²) in [7, 11) is 0. The van der Waals surface area contributed by atoms with Crippen molar-refractivity contribution in [2.45, 2.75) is 71.1 Å². The van der Waals surface area contributed by atoms with Crippen LogP contribution in [0.3, 0.4) is 0 Å². The highest BCUT2D eigenvalue weighted by Gasteiger charge is 2.06. The first-order valence-corrected chi connectivity index (χ1v) is 10.5. The van der Waals surface area contributed by atoms with Crippen LogP contribution in [0.4, 0.5) is 5.69 Å². The van der Waals surface area contributed by atoms with Crippen LogP contribution < -0.4 is 5.32 Å². The van der Waals surface area contributed by atoms with Gasteiger partial charge in [0.05, 0.1) is 11.2 Å². The second-order valence-corrected chi connectivity index (χ2v) is 7.12. The molecule has 0 fully saturated rings. The zero-order valence-electron chi connectivity index (χ0n) is 16.7. The number of amides is 1. The number of rotatable bonds is 14. The molecule has 1 heterocycles. The van der Waals surface area contributed by atoms with Crippen molar-refractivity contribution in [3.63, 3.8) is 0 Å². The van der Waals surface area contributed by atoms with Crippen LogP contribution >= 0.6 is 0 Å². The van der Waals surface area contributed by atoms with Gasteiger partial charge in [0, 0.05) is 31.2 Å². The predicted molar refractivity (Wildman–Crippen MR) is 113 cm³/mol. The van der Waals surface area contributed by atoms with Crippen LogP contribution in [0, 0.1) is 0 Å². The van der Waals surface area contributed by atoms with Gasteiger partial charge in [-0.05, 0) is 31.4 Å². The number of fused-ring (bicyclic) bond motifs is 1. The fraction of sp³-hybridized carbons (Fsp3) is 0.565. The fourth-order valence-electron chi connectivity index (χ4n) is 3.17. The molecule has 0 aliphatic rings. The standard InChI is InChI=1S/C23H34N2O2/c1-2-3-4-9-18-27-19-10-7-5-6-8-16-22(26)25-21-15-11-13-20-14-12-17-24-23(20)21/h11-15,17H,2-10,16,18-19H2,1H3,(H,25,26). The third-order valence-corrected chi connectivity index (χ3v) is 4.74. The van der Waals surface area contributed by atoms with Crippen molar-refractivity contribution < 1.29 is 9.53 Å². The molecule has 0 saturated carbocycles. The number of anilines is 1. The number of carbonyl (C=O) groups excluding carboxylic acids is 1. The van der Waals surface area contributed by atoms with E-state index in [9.17, 15) is 4.79 Å². The molecule has 0 aliphatic heterocycles. The molecule has 1 aromatic carbocycles. The maximum Gasteiger partial charge on any atom is 0.224 e. The summed E-state index contributed by atoms with van der Waals surface area (Å²) in [6, 6.07) is 9.78. The predicted octanol–water partition coefficient (Wildman–Crippen LogP) is 6.11. The van der Waals surface area contributed by atoms with E-state index < -0.39 is 0 Å². The highest BCUT2D eigenvalue weighted by atomic mass is 16.5. The largest absolute Gasteiger partial charge is 0.381 e.